The van der Waals surface area contributed by atoms with Crippen molar-refractivity contribution in [3.63, 3.8) is 0 Å². The summed E-state index contributed by atoms with van der Waals surface area (Å²) in [6, 6.07) is 16.4. The first kappa shape index (κ1) is 23.6. The molecule has 35 heavy (non-hydrogen) atoms. The Balaban J connectivity index is 1.54. The maximum atomic E-state index is 13.7. The summed E-state index contributed by atoms with van der Waals surface area (Å²) in [4.78, 5) is 38.3. The first-order valence-corrected chi connectivity index (χ1v) is 10.7. The van der Waals surface area contributed by atoms with Crippen molar-refractivity contribution in [2.45, 2.75) is 6.42 Å². The molecule has 1 aromatic heterocycles. The van der Waals surface area contributed by atoms with Gasteiger partial charge in [0.25, 0.3) is 11.5 Å². The number of benzene rings is 3. The highest BCUT2D eigenvalue weighted by molar-refractivity contribution is 6.06. The van der Waals surface area contributed by atoms with Gasteiger partial charge >= 0.3 is 0 Å². The van der Waals surface area contributed by atoms with E-state index >= 15 is 0 Å². The van der Waals surface area contributed by atoms with Gasteiger partial charge in [-0.1, -0.05) is 24.3 Å². The largest absolute Gasteiger partial charge is 0.497 e. The highest BCUT2D eigenvalue weighted by atomic mass is 19.1. The van der Waals surface area contributed by atoms with Gasteiger partial charge in [0.1, 0.15) is 17.4 Å². The van der Waals surface area contributed by atoms with Crippen molar-refractivity contribution < 1.29 is 23.1 Å². The highest BCUT2D eigenvalue weighted by Crippen LogP contribution is 2.20. The third-order valence-corrected chi connectivity index (χ3v) is 5.34. The zero-order chi connectivity index (χ0) is 24.9. The van der Waals surface area contributed by atoms with Crippen molar-refractivity contribution in [3.8, 4) is 11.4 Å². The van der Waals surface area contributed by atoms with Crippen LogP contribution in [0.1, 0.15) is 16.8 Å². The van der Waals surface area contributed by atoms with Crippen LogP contribution < -0.4 is 20.9 Å². The number of methoxy groups -OCH3 is 1. The molecule has 4 rings (SSSR count). The lowest BCUT2D eigenvalue weighted by Gasteiger charge is -2.13. The van der Waals surface area contributed by atoms with E-state index in [1.54, 1.807) is 48.5 Å². The number of ether oxygens (including phenoxy) is 1. The molecule has 0 aliphatic heterocycles. The van der Waals surface area contributed by atoms with Crippen LogP contribution in [0.4, 0.5) is 14.5 Å². The number of pyridine rings is 1. The number of hydrogen-bond donors (Lipinski definition) is 2. The van der Waals surface area contributed by atoms with Crippen LogP contribution in [0, 0.1) is 11.6 Å². The number of halogens is 2. The molecule has 4 aromatic rings. The van der Waals surface area contributed by atoms with Crippen molar-refractivity contribution in [1.82, 2.24) is 9.88 Å². The van der Waals surface area contributed by atoms with E-state index in [1.165, 1.54) is 17.9 Å². The molecule has 0 aliphatic rings. The number of nitrogens with one attached hydrogen (secondary N) is 2. The summed E-state index contributed by atoms with van der Waals surface area (Å²) in [6.07, 6.45) is 1.30. The summed E-state index contributed by atoms with van der Waals surface area (Å²) in [7, 11) is 1.52. The van der Waals surface area contributed by atoms with Gasteiger partial charge in [-0.15, -0.1) is 0 Å². The second kappa shape index (κ2) is 10.2. The number of carbonyl (C=O) groups is 2. The van der Waals surface area contributed by atoms with E-state index in [-0.39, 0.29) is 29.8 Å². The summed E-state index contributed by atoms with van der Waals surface area (Å²) in [5.74, 6) is -2.14. The molecule has 0 bridgehead atoms. The molecule has 0 saturated carbocycles. The maximum absolute atomic E-state index is 13.7. The van der Waals surface area contributed by atoms with E-state index in [2.05, 4.69) is 10.6 Å². The molecular formula is C26H21F2N3O4. The molecule has 7 nitrogen and oxygen atoms in total. The van der Waals surface area contributed by atoms with Gasteiger partial charge < -0.3 is 15.4 Å². The molecule has 2 amide bonds. The molecule has 0 saturated heterocycles. The minimum atomic E-state index is -0.895. The summed E-state index contributed by atoms with van der Waals surface area (Å²) in [6.45, 7) is -0.0416. The van der Waals surface area contributed by atoms with Crippen LogP contribution in [-0.4, -0.2) is 30.0 Å². The number of fused-ring (bicyclic) bond motifs is 1. The van der Waals surface area contributed by atoms with Crippen molar-refractivity contribution in [1.29, 1.82) is 0 Å². The molecule has 0 spiro atoms. The fourth-order valence-corrected chi connectivity index (χ4v) is 3.61. The topological polar surface area (TPSA) is 89.4 Å². The van der Waals surface area contributed by atoms with Gasteiger partial charge in [0, 0.05) is 42.1 Å². The third-order valence-electron chi connectivity index (χ3n) is 5.34. The lowest BCUT2D eigenvalue weighted by molar-refractivity contribution is -0.116. The molecule has 3 aromatic carbocycles. The molecule has 1 heterocycles. The second-order valence-electron chi connectivity index (χ2n) is 7.64. The molecule has 2 N–H and O–H groups in total. The first-order chi connectivity index (χ1) is 16.9. The Morgan fingerprint density at radius 1 is 0.971 bits per heavy atom. The van der Waals surface area contributed by atoms with Gasteiger partial charge in [-0.3, -0.25) is 19.0 Å². The Labute approximate surface area is 199 Å². The number of anilines is 1. The number of carbonyl (C=O) groups excluding carboxylic acids is 2. The van der Waals surface area contributed by atoms with Crippen LogP contribution in [0.25, 0.3) is 16.5 Å². The van der Waals surface area contributed by atoms with E-state index in [4.69, 9.17) is 4.74 Å². The van der Waals surface area contributed by atoms with Crippen LogP contribution in [0.3, 0.4) is 0 Å². The van der Waals surface area contributed by atoms with E-state index in [0.29, 0.717) is 28.3 Å². The van der Waals surface area contributed by atoms with Crippen LogP contribution >= 0.6 is 0 Å². The molecule has 0 unspecified atom stereocenters. The summed E-state index contributed by atoms with van der Waals surface area (Å²) < 4.78 is 33.4. The summed E-state index contributed by atoms with van der Waals surface area (Å²) in [5, 5.41) is 5.82. The Morgan fingerprint density at radius 2 is 1.74 bits per heavy atom. The molecule has 9 heteroatoms. The molecule has 0 atom stereocenters. The number of rotatable bonds is 7. The number of aromatic nitrogens is 1. The summed E-state index contributed by atoms with van der Waals surface area (Å²) in [5.41, 5.74) is 0.313. The zero-order valence-electron chi connectivity index (χ0n) is 18.7. The van der Waals surface area contributed by atoms with Crippen LogP contribution in [0.15, 0.2) is 77.7 Å². The Kier molecular flexibility index (Phi) is 6.86. The third kappa shape index (κ3) is 5.19. The van der Waals surface area contributed by atoms with Crippen LogP contribution in [0.2, 0.25) is 0 Å². The van der Waals surface area contributed by atoms with E-state index in [1.807, 2.05) is 0 Å². The standard InChI is InChI=1S/C26H21F2N3O4/c1-35-18-6-4-5-17(14-18)31-15-21(19-7-2-3-8-20(19)26(31)34)25(33)29-12-11-24(32)30-23-10-9-16(27)13-22(23)28/h2-10,13-15H,11-12H2,1H3,(H,29,33)(H,30,32). The lowest BCUT2D eigenvalue weighted by atomic mass is 10.1. The van der Waals surface area contributed by atoms with Gasteiger partial charge in [-0.05, 0) is 30.3 Å². The fourth-order valence-electron chi connectivity index (χ4n) is 3.61. The van der Waals surface area contributed by atoms with E-state index < -0.39 is 23.4 Å². The van der Waals surface area contributed by atoms with E-state index in [9.17, 15) is 23.2 Å². The Bertz CT molecular complexity index is 1480. The van der Waals surface area contributed by atoms with Crippen LogP contribution in [-0.2, 0) is 4.79 Å². The van der Waals surface area contributed by atoms with Gasteiger partial charge in [0.2, 0.25) is 5.91 Å². The average Bonchev–Trinajstić information content (AvgIpc) is 2.86. The number of hydrogen-bond acceptors (Lipinski definition) is 4. The minimum absolute atomic E-state index is 0.0416. The predicted molar refractivity (Wildman–Crippen MR) is 128 cm³/mol. The molecule has 0 aliphatic carbocycles. The molecule has 0 radical (unpaired) electrons. The van der Waals surface area contributed by atoms with Crippen molar-refractivity contribution in [3.05, 3.63) is 100 Å². The highest BCUT2D eigenvalue weighted by Gasteiger charge is 2.16. The molecule has 178 valence electrons. The molecule has 0 fully saturated rings. The van der Waals surface area contributed by atoms with Crippen molar-refractivity contribution >= 4 is 28.3 Å². The van der Waals surface area contributed by atoms with Crippen LogP contribution in [0.5, 0.6) is 5.75 Å². The van der Waals surface area contributed by atoms with Gasteiger partial charge in [-0.25, -0.2) is 8.78 Å². The number of nitrogens with zero attached hydrogens (tertiary/aromatic N) is 1. The fraction of sp³-hybridized carbons (Fsp3) is 0.115. The monoisotopic (exact) mass is 477 g/mol. The van der Waals surface area contributed by atoms with E-state index in [0.717, 1.165) is 12.1 Å². The predicted octanol–water partition coefficient (Wildman–Crippen LogP) is 4.04. The van der Waals surface area contributed by atoms with Crippen molar-refractivity contribution in [2.24, 2.45) is 0 Å². The lowest BCUT2D eigenvalue weighted by Crippen LogP contribution is -2.30. The second-order valence-corrected chi connectivity index (χ2v) is 7.64. The Morgan fingerprint density at radius 3 is 2.49 bits per heavy atom. The normalized spacial score (nSPS) is 10.7. The van der Waals surface area contributed by atoms with Gasteiger partial charge in [-0.2, -0.15) is 0 Å². The Hall–Kier alpha value is -4.53. The van der Waals surface area contributed by atoms with Gasteiger partial charge in [0.05, 0.1) is 24.0 Å². The van der Waals surface area contributed by atoms with Crippen molar-refractivity contribution in [2.75, 3.05) is 19.0 Å². The zero-order valence-corrected chi connectivity index (χ0v) is 18.7. The summed E-state index contributed by atoms with van der Waals surface area (Å²) >= 11 is 0. The quantitative estimate of drug-likeness (QED) is 0.421. The minimum Gasteiger partial charge on any atom is -0.497 e. The average molecular weight is 477 g/mol. The number of amides is 2. The SMILES string of the molecule is COc1cccc(-n2cc(C(=O)NCCC(=O)Nc3ccc(F)cc3F)c3ccccc3c2=O)c1. The smallest absolute Gasteiger partial charge is 0.262 e. The maximum Gasteiger partial charge on any atom is 0.262 e. The first-order valence-electron chi connectivity index (χ1n) is 10.7. The molecular weight excluding hydrogens is 456 g/mol. The van der Waals surface area contributed by atoms with Gasteiger partial charge in [0.15, 0.2) is 0 Å².